The zero-order valence-corrected chi connectivity index (χ0v) is 15.8. The summed E-state index contributed by atoms with van der Waals surface area (Å²) in [6.45, 7) is 5.38. The molecule has 0 unspecified atom stereocenters. The summed E-state index contributed by atoms with van der Waals surface area (Å²) >= 11 is 0. The molecule has 4 rings (SSSR count). The SMILES string of the molecule is CC1(C)O[C@H]2O[C@H](CCCCC[C@H]3CO3)[C@H](OCc3ccccc3)[C@H]2O1. The Morgan fingerprint density at radius 1 is 1.04 bits per heavy atom. The highest BCUT2D eigenvalue weighted by atomic mass is 16.8. The summed E-state index contributed by atoms with van der Waals surface area (Å²) in [5.41, 5.74) is 1.16. The van der Waals surface area contributed by atoms with E-state index in [1.165, 1.54) is 19.3 Å². The molecule has 0 aromatic heterocycles. The van der Waals surface area contributed by atoms with Gasteiger partial charge in [-0.3, -0.25) is 0 Å². The first-order valence-corrected chi connectivity index (χ1v) is 9.89. The minimum absolute atomic E-state index is 0.0296. The Hall–Kier alpha value is -0.980. The number of hydrogen-bond donors (Lipinski definition) is 0. The number of rotatable bonds is 9. The van der Waals surface area contributed by atoms with Crippen LogP contribution in [0.25, 0.3) is 0 Å². The molecule has 3 aliphatic rings. The second-order valence-electron chi connectivity index (χ2n) is 8.00. The Bertz CT molecular complexity index is 571. The van der Waals surface area contributed by atoms with Gasteiger partial charge in [-0.2, -0.15) is 0 Å². The predicted molar refractivity (Wildman–Crippen MR) is 96.5 cm³/mol. The van der Waals surface area contributed by atoms with E-state index in [2.05, 4.69) is 12.1 Å². The summed E-state index contributed by atoms with van der Waals surface area (Å²) in [5, 5.41) is 0. The Kier molecular flexibility index (Phi) is 5.62. The van der Waals surface area contributed by atoms with Gasteiger partial charge in [0, 0.05) is 0 Å². The molecule has 0 saturated carbocycles. The molecule has 26 heavy (non-hydrogen) atoms. The third-order valence-electron chi connectivity index (χ3n) is 5.29. The van der Waals surface area contributed by atoms with Gasteiger partial charge in [-0.15, -0.1) is 0 Å². The quantitative estimate of drug-likeness (QED) is 0.494. The fourth-order valence-electron chi connectivity index (χ4n) is 3.88. The molecule has 0 aliphatic carbocycles. The molecule has 0 amide bonds. The maximum absolute atomic E-state index is 6.26. The molecule has 3 aliphatic heterocycles. The van der Waals surface area contributed by atoms with Gasteiger partial charge in [-0.05, 0) is 32.3 Å². The highest BCUT2D eigenvalue weighted by molar-refractivity contribution is 5.13. The molecule has 5 atom stereocenters. The van der Waals surface area contributed by atoms with Crippen LogP contribution in [0.3, 0.4) is 0 Å². The molecule has 0 bridgehead atoms. The smallest absolute Gasteiger partial charge is 0.190 e. The molecule has 3 saturated heterocycles. The number of fused-ring (bicyclic) bond motifs is 1. The number of hydrogen-bond acceptors (Lipinski definition) is 5. The second-order valence-corrected chi connectivity index (χ2v) is 8.00. The van der Waals surface area contributed by atoms with Crippen LogP contribution in [0.15, 0.2) is 30.3 Å². The summed E-state index contributed by atoms with van der Waals surface area (Å²) < 4.78 is 29.7. The van der Waals surface area contributed by atoms with Crippen LogP contribution in [0.2, 0.25) is 0 Å². The van der Waals surface area contributed by atoms with E-state index >= 15 is 0 Å². The van der Waals surface area contributed by atoms with Crippen molar-refractivity contribution in [3.8, 4) is 0 Å². The topological polar surface area (TPSA) is 49.5 Å². The fraction of sp³-hybridized carbons (Fsp3) is 0.714. The molecule has 0 N–H and O–H groups in total. The first-order chi connectivity index (χ1) is 12.6. The summed E-state index contributed by atoms with van der Waals surface area (Å²) in [7, 11) is 0. The van der Waals surface area contributed by atoms with Gasteiger partial charge in [0.25, 0.3) is 0 Å². The largest absolute Gasteiger partial charge is 0.373 e. The Morgan fingerprint density at radius 2 is 1.81 bits per heavy atom. The van der Waals surface area contributed by atoms with E-state index in [1.807, 2.05) is 32.0 Å². The van der Waals surface area contributed by atoms with E-state index in [1.54, 1.807) is 0 Å². The second kappa shape index (κ2) is 7.95. The van der Waals surface area contributed by atoms with Gasteiger partial charge in [0.1, 0.15) is 12.2 Å². The average Bonchev–Trinajstić information content (AvgIpc) is 3.32. The molecule has 5 heteroatoms. The zero-order chi connectivity index (χ0) is 18.0. The van der Waals surface area contributed by atoms with Crippen LogP contribution in [0.1, 0.15) is 51.5 Å². The maximum Gasteiger partial charge on any atom is 0.190 e. The molecule has 0 radical (unpaired) electrons. The van der Waals surface area contributed by atoms with Gasteiger partial charge in [0.15, 0.2) is 12.1 Å². The maximum atomic E-state index is 6.26. The number of epoxide rings is 1. The summed E-state index contributed by atoms with van der Waals surface area (Å²) in [4.78, 5) is 0. The summed E-state index contributed by atoms with van der Waals surface area (Å²) in [6, 6.07) is 10.2. The molecule has 5 nitrogen and oxygen atoms in total. The van der Waals surface area contributed by atoms with E-state index in [0.29, 0.717) is 12.7 Å². The van der Waals surface area contributed by atoms with Gasteiger partial charge in [0.2, 0.25) is 0 Å². The van der Waals surface area contributed by atoms with Crippen molar-refractivity contribution >= 4 is 0 Å². The van der Waals surface area contributed by atoms with E-state index in [-0.39, 0.29) is 24.6 Å². The monoisotopic (exact) mass is 362 g/mol. The van der Waals surface area contributed by atoms with Crippen LogP contribution < -0.4 is 0 Å². The van der Waals surface area contributed by atoms with Crippen molar-refractivity contribution in [1.82, 2.24) is 0 Å². The average molecular weight is 362 g/mol. The van der Waals surface area contributed by atoms with E-state index in [4.69, 9.17) is 23.7 Å². The van der Waals surface area contributed by atoms with Crippen molar-refractivity contribution in [2.45, 2.75) is 89.1 Å². The van der Waals surface area contributed by atoms with Crippen LogP contribution >= 0.6 is 0 Å². The minimum Gasteiger partial charge on any atom is -0.373 e. The highest BCUT2D eigenvalue weighted by Gasteiger charge is 2.55. The van der Waals surface area contributed by atoms with Gasteiger partial charge in [-0.25, -0.2) is 0 Å². The molecular formula is C21H30O5. The van der Waals surface area contributed by atoms with Gasteiger partial charge in [-0.1, -0.05) is 49.6 Å². The van der Waals surface area contributed by atoms with Crippen molar-refractivity contribution < 1.29 is 23.7 Å². The van der Waals surface area contributed by atoms with Crippen LogP contribution in [0.4, 0.5) is 0 Å². The Balaban J connectivity index is 1.31. The van der Waals surface area contributed by atoms with E-state index < -0.39 is 5.79 Å². The van der Waals surface area contributed by atoms with Gasteiger partial charge < -0.3 is 23.7 Å². The number of ether oxygens (including phenoxy) is 5. The third-order valence-corrected chi connectivity index (χ3v) is 5.29. The van der Waals surface area contributed by atoms with Crippen LogP contribution in [-0.2, 0) is 30.3 Å². The van der Waals surface area contributed by atoms with E-state index in [9.17, 15) is 0 Å². The summed E-state index contributed by atoms with van der Waals surface area (Å²) in [5.74, 6) is -0.612. The third kappa shape index (κ3) is 4.65. The number of unbranched alkanes of at least 4 members (excludes halogenated alkanes) is 2. The van der Waals surface area contributed by atoms with Crippen LogP contribution in [-0.4, -0.2) is 43.1 Å². The molecule has 1 aromatic carbocycles. The lowest BCUT2D eigenvalue weighted by Crippen LogP contribution is -2.36. The van der Waals surface area contributed by atoms with Crippen molar-refractivity contribution in [3.63, 3.8) is 0 Å². The van der Waals surface area contributed by atoms with Crippen molar-refractivity contribution in [1.29, 1.82) is 0 Å². The van der Waals surface area contributed by atoms with Gasteiger partial charge >= 0.3 is 0 Å². The molecule has 1 aromatic rings. The zero-order valence-electron chi connectivity index (χ0n) is 15.8. The molecule has 3 heterocycles. The Labute approximate surface area is 155 Å². The highest BCUT2D eigenvalue weighted by Crippen LogP contribution is 2.40. The predicted octanol–water partition coefficient (Wildman–Crippen LogP) is 3.80. The molecule has 3 fully saturated rings. The van der Waals surface area contributed by atoms with Crippen LogP contribution in [0, 0.1) is 0 Å². The first-order valence-electron chi connectivity index (χ1n) is 9.89. The van der Waals surface area contributed by atoms with Crippen molar-refractivity contribution in [2.75, 3.05) is 6.61 Å². The van der Waals surface area contributed by atoms with Gasteiger partial charge in [0.05, 0.1) is 25.4 Å². The lowest BCUT2D eigenvalue weighted by Gasteiger charge is -2.26. The molecule has 0 spiro atoms. The summed E-state index contributed by atoms with van der Waals surface area (Å²) in [6.07, 6.45) is 5.71. The molecular weight excluding hydrogens is 332 g/mol. The van der Waals surface area contributed by atoms with Crippen molar-refractivity contribution in [3.05, 3.63) is 35.9 Å². The Morgan fingerprint density at radius 3 is 2.58 bits per heavy atom. The molecule has 144 valence electrons. The number of benzene rings is 1. The van der Waals surface area contributed by atoms with Crippen LogP contribution in [0.5, 0.6) is 0 Å². The normalized spacial score (nSPS) is 34.8. The first kappa shape index (κ1) is 18.4. The lowest BCUT2D eigenvalue weighted by atomic mass is 10.0. The minimum atomic E-state index is -0.612. The standard InChI is InChI=1S/C21H30O5/c1-21(2)25-19-18(23-13-15-9-5-3-6-10-15)17(24-20(19)26-21)12-8-4-7-11-16-14-22-16/h3,5-6,9-10,16-20H,4,7-8,11-14H2,1-2H3/t16-,17+,18-,19+,20+/m0/s1. The fourth-order valence-corrected chi connectivity index (χ4v) is 3.88. The van der Waals surface area contributed by atoms with E-state index in [0.717, 1.165) is 25.0 Å². The van der Waals surface area contributed by atoms with Crippen molar-refractivity contribution in [2.24, 2.45) is 0 Å². The lowest BCUT2D eigenvalue weighted by molar-refractivity contribution is -0.219.